The molecule has 0 radical (unpaired) electrons. The topological polar surface area (TPSA) is 59.1 Å². The lowest BCUT2D eigenvalue weighted by Crippen LogP contribution is -2.35. The predicted octanol–water partition coefficient (Wildman–Crippen LogP) is 1.87. The summed E-state index contributed by atoms with van der Waals surface area (Å²) in [6.07, 6.45) is 2.72. The van der Waals surface area contributed by atoms with E-state index in [0.717, 1.165) is 23.3 Å². The summed E-state index contributed by atoms with van der Waals surface area (Å²) in [5, 5.41) is 6.31. The number of anilines is 2. The van der Waals surface area contributed by atoms with Gasteiger partial charge in [-0.1, -0.05) is 0 Å². The first kappa shape index (κ1) is 11.6. The molecule has 2 rings (SSSR count). The Hall–Kier alpha value is -0.880. The van der Waals surface area contributed by atoms with Gasteiger partial charge in [0, 0.05) is 19.9 Å². The van der Waals surface area contributed by atoms with Crippen LogP contribution in [-0.4, -0.2) is 35.8 Å². The highest BCUT2D eigenvalue weighted by atomic mass is 79.9. The molecule has 0 aromatic carbocycles. The Morgan fingerprint density at radius 3 is 3.00 bits per heavy atom. The molecule has 88 valence electrons. The second-order valence-corrected chi connectivity index (χ2v) is 4.98. The van der Waals surface area contributed by atoms with Gasteiger partial charge in [0.2, 0.25) is 5.95 Å². The molecule has 0 bridgehead atoms. The summed E-state index contributed by atoms with van der Waals surface area (Å²) >= 11 is 3.43. The molecule has 1 aromatic heterocycles. The van der Waals surface area contributed by atoms with Gasteiger partial charge in [-0.15, -0.1) is 0 Å². The molecule has 5 nitrogen and oxygen atoms in total. The largest absolute Gasteiger partial charge is 0.379 e. The third kappa shape index (κ3) is 2.44. The number of hydrogen-bond donors (Lipinski definition) is 2. The first-order valence-corrected chi connectivity index (χ1v) is 5.98. The average Bonchev–Trinajstić information content (AvgIpc) is 2.68. The fourth-order valence-electron chi connectivity index (χ4n) is 1.63. The Balaban J connectivity index is 2.19. The summed E-state index contributed by atoms with van der Waals surface area (Å²) in [6.45, 7) is 3.64. The molecule has 0 saturated carbocycles. The fourth-order valence-corrected chi connectivity index (χ4v) is 1.92. The summed E-state index contributed by atoms with van der Waals surface area (Å²) in [6, 6.07) is 0. The van der Waals surface area contributed by atoms with Crippen molar-refractivity contribution in [1.82, 2.24) is 9.97 Å². The van der Waals surface area contributed by atoms with Crippen LogP contribution in [0.2, 0.25) is 0 Å². The SMILES string of the molecule is CNc1ncc(Br)c(NC2(C)CCOC2)n1. The summed E-state index contributed by atoms with van der Waals surface area (Å²) in [7, 11) is 1.80. The Kier molecular flexibility index (Phi) is 3.30. The van der Waals surface area contributed by atoms with Crippen LogP contribution in [0.5, 0.6) is 0 Å². The van der Waals surface area contributed by atoms with Crippen LogP contribution in [0.1, 0.15) is 13.3 Å². The van der Waals surface area contributed by atoms with E-state index < -0.39 is 0 Å². The zero-order valence-electron chi connectivity index (χ0n) is 9.38. The van der Waals surface area contributed by atoms with Gasteiger partial charge in [0.05, 0.1) is 16.6 Å². The molecule has 2 N–H and O–H groups in total. The number of aromatic nitrogens is 2. The Bertz CT molecular complexity index is 379. The normalized spacial score (nSPS) is 24.4. The molecule has 6 heteroatoms. The standard InChI is InChI=1S/C10H15BrN4O/c1-10(3-4-16-6-10)15-8-7(11)5-13-9(12-2)14-8/h5H,3-4,6H2,1-2H3,(H2,12,13,14,15). The maximum Gasteiger partial charge on any atom is 0.224 e. The van der Waals surface area contributed by atoms with Crippen LogP contribution in [-0.2, 0) is 4.74 Å². The monoisotopic (exact) mass is 286 g/mol. The highest BCUT2D eigenvalue weighted by molar-refractivity contribution is 9.10. The first-order chi connectivity index (χ1) is 7.63. The summed E-state index contributed by atoms with van der Waals surface area (Å²) in [4.78, 5) is 8.48. The molecule has 1 aromatic rings. The van der Waals surface area contributed by atoms with E-state index in [1.54, 1.807) is 13.2 Å². The number of halogens is 1. The first-order valence-electron chi connectivity index (χ1n) is 5.19. The molecule has 0 spiro atoms. The van der Waals surface area contributed by atoms with Crippen LogP contribution in [0.4, 0.5) is 11.8 Å². The molecule has 0 aliphatic carbocycles. The maximum atomic E-state index is 5.39. The molecule has 1 aliphatic heterocycles. The van der Waals surface area contributed by atoms with Crippen LogP contribution in [0.3, 0.4) is 0 Å². The van der Waals surface area contributed by atoms with Crippen molar-refractivity contribution < 1.29 is 4.74 Å². The molecule has 1 unspecified atom stereocenters. The molecule has 1 saturated heterocycles. The Labute approximate surface area is 103 Å². The van der Waals surface area contributed by atoms with Gasteiger partial charge in [0.1, 0.15) is 5.82 Å². The van der Waals surface area contributed by atoms with Crippen molar-refractivity contribution in [2.24, 2.45) is 0 Å². The van der Waals surface area contributed by atoms with Crippen molar-refractivity contribution in [2.45, 2.75) is 18.9 Å². The van der Waals surface area contributed by atoms with Gasteiger partial charge in [-0.05, 0) is 29.3 Å². The van der Waals surface area contributed by atoms with E-state index in [-0.39, 0.29) is 5.54 Å². The minimum atomic E-state index is -0.0398. The van der Waals surface area contributed by atoms with Gasteiger partial charge in [-0.2, -0.15) is 4.98 Å². The molecule has 0 amide bonds. The molecule has 1 aliphatic rings. The quantitative estimate of drug-likeness (QED) is 0.888. The second kappa shape index (κ2) is 4.55. The summed E-state index contributed by atoms with van der Waals surface area (Å²) < 4.78 is 6.25. The van der Waals surface area contributed by atoms with Crippen molar-refractivity contribution in [2.75, 3.05) is 30.9 Å². The second-order valence-electron chi connectivity index (χ2n) is 4.13. The lowest BCUT2D eigenvalue weighted by Gasteiger charge is -2.24. The summed E-state index contributed by atoms with van der Waals surface area (Å²) in [5.41, 5.74) is -0.0398. The zero-order chi connectivity index (χ0) is 11.6. The molecule has 1 fully saturated rings. The van der Waals surface area contributed by atoms with Crippen molar-refractivity contribution >= 4 is 27.7 Å². The number of rotatable bonds is 3. The number of hydrogen-bond acceptors (Lipinski definition) is 5. The lowest BCUT2D eigenvalue weighted by molar-refractivity contribution is 0.185. The third-order valence-electron chi connectivity index (χ3n) is 2.61. The van der Waals surface area contributed by atoms with E-state index in [1.807, 2.05) is 0 Å². The average molecular weight is 287 g/mol. The smallest absolute Gasteiger partial charge is 0.224 e. The van der Waals surface area contributed by atoms with Crippen molar-refractivity contribution in [3.63, 3.8) is 0 Å². The van der Waals surface area contributed by atoms with Gasteiger partial charge < -0.3 is 15.4 Å². The minimum absolute atomic E-state index is 0.0398. The molecular formula is C10H15BrN4O. The van der Waals surface area contributed by atoms with Crippen LogP contribution in [0.25, 0.3) is 0 Å². The van der Waals surface area contributed by atoms with E-state index in [2.05, 4.69) is 43.5 Å². The summed E-state index contributed by atoms with van der Waals surface area (Å²) in [5.74, 6) is 1.40. The van der Waals surface area contributed by atoms with Gasteiger partial charge in [0.15, 0.2) is 0 Å². The maximum absolute atomic E-state index is 5.39. The van der Waals surface area contributed by atoms with Crippen LogP contribution < -0.4 is 10.6 Å². The van der Waals surface area contributed by atoms with E-state index in [1.165, 1.54) is 0 Å². The third-order valence-corrected chi connectivity index (χ3v) is 3.19. The molecule has 16 heavy (non-hydrogen) atoms. The van der Waals surface area contributed by atoms with Gasteiger partial charge >= 0.3 is 0 Å². The van der Waals surface area contributed by atoms with Crippen LogP contribution in [0.15, 0.2) is 10.7 Å². The van der Waals surface area contributed by atoms with E-state index in [0.29, 0.717) is 12.6 Å². The van der Waals surface area contributed by atoms with Gasteiger partial charge in [0.25, 0.3) is 0 Å². The van der Waals surface area contributed by atoms with E-state index in [9.17, 15) is 0 Å². The molecular weight excluding hydrogens is 272 g/mol. The zero-order valence-corrected chi connectivity index (χ0v) is 11.0. The Morgan fingerprint density at radius 1 is 1.56 bits per heavy atom. The van der Waals surface area contributed by atoms with Crippen LogP contribution in [0, 0.1) is 0 Å². The molecule has 2 heterocycles. The highest BCUT2D eigenvalue weighted by Gasteiger charge is 2.30. The van der Waals surface area contributed by atoms with E-state index in [4.69, 9.17) is 4.74 Å². The predicted molar refractivity (Wildman–Crippen MR) is 66.7 cm³/mol. The van der Waals surface area contributed by atoms with Crippen molar-refractivity contribution in [1.29, 1.82) is 0 Å². The number of ether oxygens (including phenoxy) is 1. The highest BCUT2D eigenvalue weighted by Crippen LogP contribution is 2.27. The minimum Gasteiger partial charge on any atom is -0.379 e. The van der Waals surface area contributed by atoms with Gasteiger partial charge in [-0.25, -0.2) is 4.98 Å². The van der Waals surface area contributed by atoms with Crippen molar-refractivity contribution in [3.8, 4) is 0 Å². The fraction of sp³-hybridized carbons (Fsp3) is 0.600. The Morgan fingerprint density at radius 2 is 2.38 bits per heavy atom. The number of nitrogens with one attached hydrogen (secondary N) is 2. The van der Waals surface area contributed by atoms with Crippen LogP contribution >= 0.6 is 15.9 Å². The van der Waals surface area contributed by atoms with Crippen molar-refractivity contribution in [3.05, 3.63) is 10.7 Å². The molecule has 1 atom stereocenters. The number of nitrogens with zero attached hydrogens (tertiary/aromatic N) is 2. The van der Waals surface area contributed by atoms with E-state index >= 15 is 0 Å². The van der Waals surface area contributed by atoms with Gasteiger partial charge in [-0.3, -0.25) is 0 Å². The lowest BCUT2D eigenvalue weighted by atomic mass is 10.0.